The maximum atomic E-state index is 9.25. The number of hydrogen-bond donors (Lipinski definition) is 2. The van der Waals surface area contributed by atoms with Crippen molar-refractivity contribution in [3.63, 3.8) is 0 Å². The van der Waals surface area contributed by atoms with Crippen LogP contribution in [0.2, 0.25) is 0 Å². The van der Waals surface area contributed by atoms with Crippen LogP contribution >= 0.6 is 0 Å². The molecule has 0 aliphatic carbocycles. The predicted molar refractivity (Wildman–Crippen MR) is 51.6 cm³/mol. The largest absolute Gasteiger partial charge is 2.00 e. The first kappa shape index (κ1) is 22.9. The maximum Gasteiger partial charge on any atom is 2.00 e. The predicted octanol–water partition coefficient (Wildman–Crippen LogP) is 0.202. The summed E-state index contributed by atoms with van der Waals surface area (Å²) in [7, 11) is 0. The van der Waals surface area contributed by atoms with Crippen LogP contribution in [0.3, 0.4) is 0 Å². The third-order valence-electron chi connectivity index (χ3n) is 0.349. The van der Waals surface area contributed by atoms with Gasteiger partial charge in [-0.15, -0.1) is 0 Å². The van der Waals surface area contributed by atoms with Crippen molar-refractivity contribution in [2.45, 2.75) is 0 Å². The van der Waals surface area contributed by atoms with Gasteiger partial charge in [-0.1, -0.05) is 13.2 Å². The molecule has 0 aliphatic rings. The van der Waals surface area contributed by atoms with E-state index < -0.39 is 11.9 Å². The first-order valence-electron chi connectivity index (χ1n) is 2.25. The van der Waals surface area contributed by atoms with Crippen molar-refractivity contribution in [2.75, 3.05) is 0 Å². The molecule has 0 aliphatic heterocycles. The molecule has 0 saturated heterocycles. The zero-order chi connectivity index (χ0) is 8.57. The zero-order valence-electron chi connectivity index (χ0n) is 10.7. The van der Waals surface area contributed by atoms with Gasteiger partial charge < -0.3 is 15.9 Å². The topological polar surface area (TPSA) is 74.6 Å². The number of carboxylic acid groups (broad SMARTS) is 2. The van der Waals surface area contributed by atoms with Gasteiger partial charge in [0, 0.05) is 12.2 Å². The van der Waals surface area contributed by atoms with Crippen LogP contribution in [0.5, 0.6) is 0 Å². The summed E-state index contributed by atoms with van der Waals surface area (Å²) < 4.78 is 0. The molecule has 64 valence electrons. The number of aliphatic carboxylic acids is 2. The summed E-state index contributed by atoms with van der Waals surface area (Å²) in [4.78, 5) is 18.5. The molecule has 12 heavy (non-hydrogen) atoms. The van der Waals surface area contributed by atoms with E-state index in [9.17, 15) is 9.59 Å². The van der Waals surface area contributed by atoms with Gasteiger partial charge in [0.15, 0.2) is 0 Å². The second kappa shape index (κ2) is 17.5. The first-order valence-corrected chi connectivity index (χ1v) is 2.25. The molecular formula is C6H12CaMgO4. The van der Waals surface area contributed by atoms with Gasteiger partial charge in [-0.05, 0) is 0 Å². The molecule has 0 bridgehead atoms. The number of carboxylic acids is 2. The van der Waals surface area contributed by atoms with Crippen LogP contribution in [0, 0.1) is 0 Å². The van der Waals surface area contributed by atoms with E-state index in [1.807, 2.05) is 0 Å². The van der Waals surface area contributed by atoms with Crippen molar-refractivity contribution in [3.05, 3.63) is 25.3 Å². The molecule has 0 atom stereocenters. The van der Waals surface area contributed by atoms with E-state index in [1.54, 1.807) is 0 Å². The Kier molecular flexibility index (Phi) is 33.4. The van der Waals surface area contributed by atoms with E-state index in [0.29, 0.717) is 0 Å². The Morgan fingerprint density at radius 3 is 1.17 bits per heavy atom. The average molecular weight is 213 g/mol. The number of rotatable bonds is 2. The summed E-state index contributed by atoms with van der Waals surface area (Å²) in [5, 5.41) is 15.2. The molecule has 6 heteroatoms. The third-order valence-corrected chi connectivity index (χ3v) is 0.349. The SMILES string of the molecule is C=CC(=O)O.C=CC(=O)O.[Ca+2].[H-].[H-].[H-].[H-].[Mg+2]. The quantitative estimate of drug-likeness (QED) is 0.507. The van der Waals surface area contributed by atoms with E-state index in [0.717, 1.165) is 12.2 Å². The summed E-state index contributed by atoms with van der Waals surface area (Å²) >= 11 is 0. The monoisotopic (exact) mass is 212 g/mol. The molecule has 0 amide bonds. The molecule has 0 aromatic heterocycles. The van der Waals surface area contributed by atoms with Gasteiger partial charge in [-0.25, -0.2) is 9.59 Å². The van der Waals surface area contributed by atoms with E-state index in [2.05, 4.69) is 13.2 Å². The molecule has 0 radical (unpaired) electrons. The van der Waals surface area contributed by atoms with Crippen LogP contribution in [0.15, 0.2) is 25.3 Å². The minimum absolute atomic E-state index is 0. The molecule has 0 fully saturated rings. The van der Waals surface area contributed by atoms with Crippen molar-refractivity contribution in [1.82, 2.24) is 0 Å². The molecule has 0 aromatic carbocycles. The molecule has 4 nitrogen and oxygen atoms in total. The molecule has 0 unspecified atom stereocenters. The van der Waals surface area contributed by atoms with Crippen molar-refractivity contribution in [3.8, 4) is 0 Å². The fourth-order valence-electron chi connectivity index (χ4n) is 0. The molecule has 0 saturated carbocycles. The van der Waals surface area contributed by atoms with E-state index in [-0.39, 0.29) is 66.5 Å². The summed E-state index contributed by atoms with van der Waals surface area (Å²) in [5.74, 6) is -1.96. The Labute approximate surface area is 122 Å². The van der Waals surface area contributed by atoms with Crippen LogP contribution in [-0.2, 0) is 9.59 Å². The zero-order valence-corrected chi connectivity index (χ0v) is 10.3. The van der Waals surface area contributed by atoms with Gasteiger partial charge in [0.05, 0.1) is 0 Å². The minimum atomic E-state index is -0.981. The summed E-state index contributed by atoms with van der Waals surface area (Å²) in [6, 6.07) is 0. The van der Waals surface area contributed by atoms with Crippen molar-refractivity contribution in [1.29, 1.82) is 0 Å². The Balaban J connectivity index is -0.00000000970. The molecule has 0 aromatic rings. The van der Waals surface area contributed by atoms with Crippen molar-refractivity contribution < 1.29 is 25.5 Å². The van der Waals surface area contributed by atoms with Crippen LogP contribution in [-0.4, -0.2) is 82.9 Å². The van der Waals surface area contributed by atoms with Crippen LogP contribution in [0.4, 0.5) is 0 Å². The fourth-order valence-corrected chi connectivity index (χ4v) is 0. The number of carbonyl (C=O) groups is 2. The van der Waals surface area contributed by atoms with E-state index in [4.69, 9.17) is 10.2 Å². The Morgan fingerprint density at radius 2 is 1.17 bits per heavy atom. The Hall–Kier alpha value is 0.446. The third kappa shape index (κ3) is 47.2. The maximum absolute atomic E-state index is 9.25. The minimum Gasteiger partial charge on any atom is -1.00 e. The molecule has 0 heterocycles. The molecule has 2 N–H and O–H groups in total. The van der Waals surface area contributed by atoms with Gasteiger partial charge in [-0.2, -0.15) is 0 Å². The first-order chi connectivity index (χ1) is 4.54. The van der Waals surface area contributed by atoms with Crippen LogP contribution < -0.4 is 0 Å². The van der Waals surface area contributed by atoms with Gasteiger partial charge in [0.2, 0.25) is 0 Å². The van der Waals surface area contributed by atoms with Crippen LogP contribution in [0.1, 0.15) is 5.71 Å². The van der Waals surface area contributed by atoms with Crippen molar-refractivity contribution in [2.24, 2.45) is 0 Å². The van der Waals surface area contributed by atoms with Gasteiger partial charge >= 0.3 is 72.7 Å². The molecule has 0 spiro atoms. The smallest absolute Gasteiger partial charge is 1.00 e. The summed E-state index contributed by atoms with van der Waals surface area (Å²) in [6.07, 6.45) is 1.67. The molecule has 0 rings (SSSR count). The standard InChI is InChI=1S/2C3H4O2.Ca.Mg.4H/c2*1-2-3(4)5;;;;;;/h2*2H,1H2,(H,4,5);;;;;;/q;;2*+2;4*-1. The normalized spacial score (nSPS) is 5.33. The Morgan fingerprint density at radius 1 is 1.08 bits per heavy atom. The van der Waals surface area contributed by atoms with Crippen molar-refractivity contribution >= 4 is 72.7 Å². The second-order valence-electron chi connectivity index (χ2n) is 1.08. The van der Waals surface area contributed by atoms with Gasteiger partial charge in [0.25, 0.3) is 0 Å². The summed E-state index contributed by atoms with van der Waals surface area (Å²) in [6.45, 7) is 5.92. The summed E-state index contributed by atoms with van der Waals surface area (Å²) in [5.41, 5.74) is 0. The van der Waals surface area contributed by atoms with Crippen LogP contribution in [0.25, 0.3) is 0 Å². The average Bonchev–Trinajstić information content (AvgIpc) is 1.89. The molecular weight excluding hydrogens is 200 g/mol. The van der Waals surface area contributed by atoms with E-state index in [1.165, 1.54) is 0 Å². The Bertz CT molecular complexity index is 153. The van der Waals surface area contributed by atoms with E-state index >= 15 is 0 Å². The number of hydrogen-bond acceptors (Lipinski definition) is 2. The van der Waals surface area contributed by atoms with Gasteiger partial charge in [-0.3, -0.25) is 0 Å². The second-order valence-corrected chi connectivity index (χ2v) is 1.08. The fraction of sp³-hybridized carbons (Fsp3) is 0. The van der Waals surface area contributed by atoms with Gasteiger partial charge in [0.1, 0.15) is 0 Å².